The third-order valence-electron chi connectivity index (χ3n) is 5.62. The van der Waals surface area contributed by atoms with Crippen LogP contribution < -0.4 is 4.90 Å². The summed E-state index contributed by atoms with van der Waals surface area (Å²) in [4.78, 5) is 18.3. The molecule has 154 valence electrons. The lowest BCUT2D eigenvalue weighted by Crippen LogP contribution is -2.25. The van der Waals surface area contributed by atoms with Crippen molar-refractivity contribution in [3.8, 4) is 11.3 Å². The molecule has 0 unspecified atom stereocenters. The lowest BCUT2D eigenvalue weighted by Gasteiger charge is -2.33. The summed E-state index contributed by atoms with van der Waals surface area (Å²) in [6, 6.07) is 17.5. The minimum Gasteiger partial charge on any atom is -0.478 e. The molecule has 0 fully saturated rings. The molecule has 1 N–H and O–H groups in total. The molecule has 1 aliphatic rings. The predicted molar refractivity (Wildman–Crippen MR) is 116 cm³/mol. The summed E-state index contributed by atoms with van der Waals surface area (Å²) < 4.78 is 27.6. The maximum Gasteiger partial charge on any atom is 0.335 e. The Morgan fingerprint density at radius 1 is 0.903 bits per heavy atom. The topological polar surface area (TPSA) is 53.4 Å². The Labute approximate surface area is 177 Å². The predicted octanol–water partition coefficient (Wildman–Crippen LogP) is 5.96. The van der Waals surface area contributed by atoms with E-state index in [4.69, 9.17) is 4.98 Å². The summed E-state index contributed by atoms with van der Waals surface area (Å²) in [5, 5.41) is 10.0. The molecule has 0 saturated carbocycles. The maximum absolute atomic E-state index is 14.1. The zero-order valence-electron chi connectivity index (χ0n) is 16.5. The first kappa shape index (κ1) is 19.2. The second-order valence-electron chi connectivity index (χ2n) is 7.60. The van der Waals surface area contributed by atoms with Gasteiger partial charge in [-0.2, -0.15) is 0 Å². The van der Waals surface area contributed by atoms with Crippen LogP contribution in [0.3, 0.4) is 0 Å². The second kappa shape index (κ2) is 7.47. The van der Waals surface area contributed by atoms with E-state index in [-0.39, 0.29) is 17.2 Å². The van der Waals surface area contributed by atoms with Crippen LogP contribution >= 0.6 is 0 Å². The van der Waals surface area contributed by atoms with E-state index in [1.807, 2.05) is 11.0 Å². The SMILES string of the molecule is O=C(O)c1ccc2nc(-c3ccc(F)cc3)c(N3CCCc4ccc(F)cc43)cc2c1. The molecule has 0 spiro atoms. The molecule has 0 amide bonds. The molecule has 0 bridgehead atoms. The fourth-order valence-electron chi connectivity index (χ4n) is 4.12. The van der Waals surface area contributed by atoms with Crippen LogP contribution in [-0.2, 0) is 6.42 Å². The lowest BCUT2D eigenvalue weighted by molar-refractivity contribution is 0.0697. The molecular formula is C25H18F2N2O2. The van der Waals surface area contributed by atoms with E-state index in [1.54, 1.807) is 30.3 Å². The number of pyridine rings is 1. The molecule has 4 nitrogen and oxygen atoms in total. The number of fused-ring (bicyclic) bond motifs is 2. The fourth-order valence-corrected chi connectivity index (χ4v) is 4.12. The third kappa shape index (κ3) is 3.50. The Balaban J connectivity index is 1.77. The molecule has 2 heterocycles. The van der Waals surface area contributed by atoms with E-state index in [9.17, 15) is 18.7 Å². The molecule has 31 heavy (non-hydrogen) atoms. The molecule has 0 aliphatic carbocycles. The number of carboxylic acids is 1. The Morgan fingerprint density at radius 2 is 1.68 bits per heavy atom. The van der Waals surface area contributed by atoms with Crippen LogP contribution in [0.1, 0.15) is 22.3 Å². The number of carbonyl (C=O) groups is 1. The van der Waals surface area contributed by atoms with Crippen LogP contribution in [0.5, 0.6) is 0 Å². The number of halogens is 2. The van der Waals surface area contributed by atoms with E-state index in [0.29, 0.717) is 23.1 Å². The molecule has 0 saturated heterocycles. The van der Waals surface area contributed by atoms with Gasteiger partial charge < -0.3 is 10.0 Å². The van der Waals surface area contributed by atoms with Gasteiger partial charge >= 0.3 is 5.97 Å². The average Bonchev–Trinajstić information content (AvgIpc) is 2.78. The van der Waals surface area contributed by atoms with Crippen molar-refractivity contribution in [3.63, 3.8) is 0 Å². The summed E-state index contributed by atoms with van der Waals surface area (Å²) in [5.74, 6) is -1.69. The number of carboxylic acid groups (broad SMARTS) is 1. The number of anilines is 2. The van der Waals surface area contributed by atoms with E-state index in [2.05, 4.69) is 0 Å². The summed E-state index contributed by atoms with van der Waals surface area (Å²) in [5.41, 5.74) is 4.69. The normalized spacial score (nSPS) is 13.3. The molecule has 3 aromatic carbocycles. The highest BCUT2D eigenvalue weighted by molar-refractivity contribution is 5.96. The van der Waals surface area contributed by atoms with Crippen molar-refractivity contribution in [2.75, 3.05) is 11.4 Å². The van der Waals surface area contributed by atoms with Crippen LogP contribution in [0.15, 0.2) is 66.7 Å². The van der Waals surface area contributed by atoms with Crippen molar-refractivity contribution >= 4 is 28.2 Å². The second-order valence-corrected chi connectivity index (χ2v) is 7.60. The average molecular weight is 416 g/mol. The van der Waals surface area contributed by atoms with Gasteiger partial charge in [-0.3, -0.25) is 0 Å². The Hall–Kier alpha value is -3.80. The summed E-state index contributed by atoms with van der Waals surface area (Å²) >= 11 is 0. The number of aryl methyl sites for hydroxylation is 1. The number of benzene rings is 3. The number of nitrogens with zero attached hydrogens (tertiary/aromatic N) is 2. The smallest absolute Gasteiger partial charge is 0.335 e. The molecule has 6 heteroatoms. The monoisotopic (exact) mass is 416 g/mol. The minimum absolute atomic E-state index is 0.167. The van der Waals surface area contributed by atoms with Crippen molar-refractivity contribution in [1.29, 1.82) is 0 Å². The first-order valence-electron chi connectivity index (χ1n) is 9.99. The van der Waals surface area contributed by atoms with E-state index in [0.717, 1.165) is 35.3 Å². The first-order chi connectivity index (χ1) is 15.0. The third-order valence-corrected chi connectivity index (χ3v) is 5.62. The van der Waals surface area contributed by atoms with Gasteiger partial charge in [0.15, 0.2) is 0 Å². The van der Waals surface area contributed by atoms with Crippen molar-refractivity contribution in [2.24, 2.45) is 0 Å². The number of hydrogen-bond acceptors (Lipinski definition) is 3. The molecule has 0 atom stereocenters. The van der Waals surface area contributed by atoms with Crippen molar-refractivity contribution in [3.05, 3.63) is 89.5 Å². The quantitative estimate of drug-likeness (QED) is 0.448. The maximum atomic E-state index is 14.1. The Morgan fingerprint density at radius 3 is 2.45 bits per heavy atom. The van der Waals surface area contributed by atoms with Gasteiger partial charge in [-0.15, -0.1) is 0 Å². The standard InChI is InChI=1S/C25H18F2N2O2/c26-19-7-4-16(5-8-19)24-23(13-18-12-17(25(30)31)6-10-21(18)28-24)29-11-1-2-15-3-9-20(27)14-22(15)29/h3-10,12-14H,1-2,11H2,(H,30,31). The highest BCUT2D eigenvalue weighted by Crippen LogP contribution is 2.40. The van der Waals surface area contributed by atoms with Gasteiger partial charge in [0.2, 0.25) is 0 Å². The zero-order valence-corrected chi connectivity index (χ0v) is 16.5. The largest absolute Gasteiger partial charge is 0.478 e. The number of aromatic carboxylic acids is 1. The van der Waals surface area contributed by atoms with Gasteiger partial charge in [0, 0.05) is 23.2 Å². The van der Waals surface area contributed by atoms with Gasteiger partial charge in [-0.05, 0) is 79.1 Å². The molecule has 1 aromatic heterocycles. The van der Waals surface area contributed by atoms with Gasteiger partial charge in [0.1, 0.15) is 11.6 Å². The first-order valence-corrected chi connectivity index (χ1v) is 9.99. The van der Waals surface area contributed by atoms with E-state index in [1.165, 1.54) is 30.3 Å². The molecule has 4 aromatic rings. The minimum atomic E-state index is -1.02. The van der Waals surface area contributed by atoms with Crippen LogP contribution in [0.25, 0.3) is 22.2 Å². The fraction of sp³-hybridized carbons (Fsp3) is 0.120. The lowest BCUT2D eigenvalue weighted by atomic mass is 9.98. The van der Waals surface area contributed by atoms with Gasteiger partial charge in [-0.1, -0.05) is 6.07 Å². The van der Waals surface area contributed by atoms with E-state index >= 15 is 0 Å². The molecular weight excluding hydrogens is 398 g/mol. The highest BCUT2D eigenvalue weighted by Gasteiger charge is 2.23. The van der Waals surface area contributed by atoms with Crippen molar-refractivity contribution < 1.29 is 18.7 Å². The molecule has 5 rings (SSSR count). The van der Waals surface area contributed by atoms with Gasteiger partial charge in [0.05, 0.1) is 22.5 Å². The number of hydrogen-bond donors (Lipinski definition) is 1. The van der Waals surface area contributed by atoms with Crippen LogP contribution in [-0.4, -0.2) is 22.6 Å². The molecule has 0 radical (unpaired) electrons. The highest BCUT2D eigenvalue weighted by atomic mass is 19.1. The van der Waals surface area contributed by atoms with Gasteiger partial charge in [0.25, 0.3) is 0 Å². The van der Waals surface area contributed by atoms with Gasteiger partial charge in [-0.25, -0.2) is 18.6 Å². The van der Waals surface area contributed by atoms with Crippen molar-refractivity contribution in [1.82, 2.24) is 4.98 Å². The van der Waals surface area contributed by atoms with Crippen LogP contribution in [0.2, 0.25) is 0 Å². The molecule has 1 aliphatic heterocycles. The van der Waals surface area contributed by atoms with E-state index < -0.39 is 5.97 Å². The summed E-state index contributed by atoms with van der Waals surface area (Å²) in [6.07, 6.45) is 1.73. The summed E-state index contributed by atoms with van der Waals surface area (Å²) in [6.45, 7) is 0.663. The van der Waals surface area contributed by atoms with Crippen LogP contribution in [0, 0.1) is 11.6 Å². The number of aromatic nitrogens is 1. The Kier molecular flexibility index (Phi) is 4.62. The Bertz CT molecular complexity index is 1320. The van der Waals surface area contributed by atoms with Crippen LogP contribution in [0.4, 0.5) is 20.2 Å². The zero-order chi connectivity index (χ0) is 21.5. The number of rotatable bonds is 3. The summed E-state index contributed by atoms with van der Waals surface area (Å²) in [7, 11) is 0. The van der Waals surface area contributed by atoms with Crippen molar-refractivity contribution in [2.45, 2.75) is 12.8 Å².